The van der Waals surface area contributed by atoms with Gasteiger partial charge in [0.2, 0.25) is 0 Å². The van der Waals surface area contributed by atoms with Gasteiger partial charge in [-0.15, -0.1) is 0 Å². The Morgan fingerprint density at radius 2 is 1.86 bits per heavy atom. The smallest absolute Gasteiger partial charge is 0.146 e. The maximum Gasteiger partial charge on any atom is 0.146 e. The van der Waals surface area contributed by atoms with E-state index in [4.69, 9.17) is 0 Å². The number of carbonyl (C=O) groups is 1. The molecule has 2 rings (SSSR count). The summed E-state index contributed by atoms with van der Waals surface area (Å²) in [5.74, 6) is 2.08. The molecule has 2 fully saturated rings. The van der Waals surface area contributed by atoms with Gasteiger partial charge in [-0.2, -0.15) is 0 Å². The zero-order chi connectivity index (χ0) is 10.1. The maximum absolute atomic E-state index is 11.3. The predicted octanol–water partition coefficient (Wildman–Crippen LogP) is 2.09. The van der Waals surface area contributed by atoms with E-state index in [1.165, 1.54) is 25.7 Å². The first-order valence-electron chi connectivity index (χ1n) is 5.91. The Bertz CT molecular complexity index is 214. The molecule has 0 radical (unpaired) electrons. The molecule has 1 heterocycles. The normalized spacial score (nSPS) is 35.3. The molecule has 1 aliphatic heterocycles. The fourth-order valence-corrected chi connectivity index (χ4v) is 3.05. The van der Waals surface area contributed by atoms with E-state index >= 15 is 0 Å². The minimum atomic E-state index is 0.151. The molecule has 2 bridgehead atoms. The van der Waals surface area contributed by atoms with E-state index in [1.807, 2.05) is 0 Å². The number of piperidine rings is 1. The van der Waals surface area contributed by atoms with Crippen LogP contribution >= 0.6 is 0 Å². The Hall–Kier alpha value is -0.370. The molecular weight excluding hydrogens is 174 g/mol. The fraction of sp³-hybridized carbons (Fsp3) is 0.917. The number of rotatable bonds is 2. The highest BCUT2D eigenvalue weighted by Crippen LogP contribution is 2.34. The lowest BCUT2D eigenvalue weighted by Gasteiger charge is -2.43. The lowest BCUT2D eigenvalue weighted by atomic mass is 9.77. The predicted molar refractivity (Wildman–Crippen MR) is 57.2 cm³/mol. The van der Waals surface area contributed by atoms with Crippen LogP contribution in [0.5, 0.6) is 0 Å². The zero-order valence-corrected chi connectivity index (χ0v) is 9.33. The van der Waals surface area contributed by atoms with Gasteiger partial charge in [-0.1, -0.05) is 6.42 Å². The van der Waals surface area contributed by atoms with Crippen molar-refractivity contribution in [3.05, 3.63) is 0 Å². The Morgan fingerprint density at radius 1 is 1.29 bits per heavy atom. The van der Waals surface area contributed by atoms with Gasteiger partial charge < -0.3 is 0 Å². The van der Waals surface area contributed by atoms with Crippen molar-refractivity contribution in [3.63, 3.8) is 0 Å². The summed E-state index contributed by atoms with van der Waals surface area (Å²) in [5.41, 5.74) is 0. The first-order chi connectivity index (χ1) is 6.66. The third-order valence-corrected chi connectivity index (χ3v) is 4.01. The maximum atomic E-state index is 11.3. The Labute approximate surface area is 86.7 Å². The van der Waals surface area contributed by atoms with Crippen LogP contribution in [0.2, 0.25) is 0 Å². The molecule has 0 aromatic heterocycles. The second kappa shape index (κ2) is 4.01. The Kier molecular flexibility index (Phi) is 2.91. The van der Waals surface area contributed by atoms with E-state index in [0.29, 0.717) is 5.78 Å². The van der Waals surface area contributed by atoms with Crippen LogP contribution in [0.1, 0.15) is 39.5 Å². The van der Waals surface area contributed by atoms with Gasteiger partial charge in [0, 0.05) is 13.1 Å². The number of hydrogen-bond acceptors (Lipinski definition) is 2. The number of ketones is 1. The molecule has 0 aromatic carbocycles. The summed E-state index contributed by atoms with van der Waals surface area (Å²) in [6.45, 7) is 6.10. The summed E-state index contributed by atoms with van der Waals surface area (Å²) in [5, 5.41) is 0. The summed E-state index contributed by atoms with van der Waals surface area (Å²) in [7, 11) is 0. The fourth-order valence-electron chi connectivity index (χ4n) is 3.05. The highest BCUT2D eigenvalue weighted by atomic mass is 16.1. The highest BCUT2D eigenvalue weighted by molar-refractivity contribution is 5.80. The van der Waals surface area contributed by atoms with Crippen LogP contribution < -0.4 is 0 Å². The highest BCUT2D eigenvalue weighted by Gasteiger charge is 2.33. The molecule has 3 atom stereocenters. The van der Waals surface area contributed by atoms with Gasteiger partial charge in [0.05, 0.1) is 6.04 Å². The van der Waals surface area contributed by atoms with Crippen molar-refractivity contribution in [1.82, 2.24) is 4.90 Å². The molecule has 1 saturated carbocycles. The molecule has 0 N–H and O–H groups in total. The van der Waals surface area contributed by atoms with Gasteiger partial charge in [-0.05, 0) is 44.9 Å². The van der Waals surface area contributed by atoms with Crippen molar-refractivity contribution in [2.75, 3.05) is 13.1 Å². The van der Waals surface area contributed by atoms with Crippen LogP contribution in [0, 0.1) is 11.8 Å². The van der Waals surface area contributed by atoms with Gasteiger partial charge in [0.1, 0.15) is 5.78 Å². The number of likely N-dealkylation sites (tertiary alicyclic amines) is 1. The molecule has 3 unspecified atom stereocenters. The average Bonchev–Trinajstić information content (AvgIpc) is 2.15. The second-order valence-electron chi connectivity index (χ2n) is 5.14. The molecule has 0 spiro atoms. The minimum Gasteiger partial charge on any atom is -0.298 e. The molecule has 2 nitrogen and oxygen atoms in total. The van der Waals surface area contributed by atoms with E-state index in [0.717, 1.165) is 24.9 Å². The summed E-state index contributed by atoms with van der Waals surface area (Å²) in [6, 6.07) is 0.151. The van der Waals surface area contributed by atoms with Crippen LogP contribution in [0.3, 0.4) is 0 Å². The molecular formula is C12H21NO. The molecule has 1 aliphatic carbocycles. The standard InChI is InChI=1S/C12H21NO/c1-9(10(2)14)13-7-11-4-3-5-12(6-11)8-13/h9,11-12H,3-8H2,1-2H3. The van der Waals surface area contributed by atoms with E-state index in [9.17, 15) is 4.79 Å². The van der Waals surface area contributed by atoms with Gasteiger partial charge in [-0.25, -0.2) is 0 Å². The van der Waals surface area contributed by atoms with E-state index in [2.05, 4.69) is 11.8 Å². The topological polar surface area (TPSA) is 20.3 Å². The molecule has 2 aliphatic rings. The van der Waals surface area contributed by atoms with Gasteiger partial charge in [0.25, 0.3) is 0 Å². The number of hydrogen-bond donors (Lipinski definition) is 0. The minimum absolute atomic E-state index is 0.151. The molecule has 0 aromatic rings. The van der Waals surface area contributed by atoms with Gasteiger partial charge >= 0.3 is 0 Å². The van der Waals surface area contributed by atoms with Crippen molar-refractivity contribution in [2.24, 2.45) is 11.8 Å². The van der Waals surface area contributed by atoms with Crippen LogP contribution in [0.25, 0.3) is 0 Å². The SMILES string of the molecule is CC(=O)C(C)N1CC2CCCC(C2)C1. The van der Waals surface area contributed by atoms with E-state index in [-0.39, 0.29) is 6.04 Å². The molecule has 1 saturated heterocycles. The van der Waals surface area contributed by atoms with E-state index in [1.54, 1.807) is 6.92 Å². The van der Waals surface area contributed by atoms with Crippen molar-refractivity contribution in [1.29, 1.82) is 0 Å². The summed E-state index contributed by atoms with van der Waals surface area (Å²) in [6.07, 6.45) is 5.61. The molecule has 80 valence electrons. The Balaban J connectivity index is 1.98. The lowest BCUT2D eigenvalue weighted by Crippen LogP contribution is -2.48. The monoisotopic (exact) mass is 195 g/mol. The molecule has 14 heavy (non-hydrogen) atoms. The Morgan fingerprint density at radius 3 is 2.36 bits per heavy atom. The quantitative estimate of drug-likeness (QED) is 0.672. The average molecular weight is 195 g/mol. The number of fused-ring (bicyclic) bond motifs is 2. The first kappa shape index (κ1) is 10.2. The second-order valence-corrected chi connectivity index (χ2v) is 5.14. The van der Waals surface area contributed by atoms with Crippen molar-refractivity contribution < 1.29 is 4.79 Å². The number of nitrogens with zero attached hydrogens (tertiary/aromatic N) is 1. The number of carbonyl (C=O) groups excluding carboxylic acids is 1. The van der Waals surface area contributed by atoms with Crippen LogP contribution in [-0.2, 0) is 4.79 Å². The van der Waals surface area contributed by atoms with Crippen molar-refractivity contribution in [3.8, 4) is 0 Å². The third kappa shape index (κ3) is 2.00. The van der Waals surface area contributed by atoms with Crippen LogP contribution in [0.15, 0.2) is 0 Å². The van der Waals surface area contributed by atoms with E-state index < -0.39 is 0 Å². The summed E-state index contributed by atoms with van der Waals surface area (Å²) >= 11 is 0. The summed E-state index contributed by atoms with van der Waals surface area (Å²) in [4.78, 5) is 13.7. The van der Waals surface area contributed by atoms with Crippen LogP contribution in [0.4, 0.5) is 0 Å². The van der Waals surface area contributed by atoms with Crippen molar-refractivity contribution >= 4 is 5.78 Å². The largest absolute Gasteiger partial charge is 0.298 e. The lowest BCUT2D eigenvalue weighted by molar-refractivity contribution is -0.123. The first-order valence-corrected chi connectivity index (χ1v) is 5.91. The van der Waals surface area contributed by atoms with Gasteiger partial charge in [0.15, 0.2) is 0 Å². The van der Waals surface area contributed by atoms with Crippen molar-refractivity contribution in [2.45, 2.75) is 45.6 Å². The zero-order valence-electron chi connectivity index (χ0n) is 9.33. The van der Waals surface area contributed by atoms with Crippen LogP contribution in [-0.4, -0.2) is 29.8 Å². The van der Waals surface area contributed by atoms with Gasteiger partial charge in [-0.3, -0.25) is 9.69 Å². The summed E-state index contributed by atoms with van der Waals surface area (Å²) < 4.78 is 0. The molecule has 0 amide bonds. The molecule has 2 heteroatoms. The third-order valence-electron chi connectivity index (χ3n) is 4.01. The number of Topliss-reactive ketones (excluding diaryl/α,β-unsaturated/α-hetero) is 1.